The minimum Gasteiger partial charge on any atom is -0.481 e. The summed E-state index contributed by atoms with van der Waals surface area (Å²) in [6.07, 6.45) is 0.839. The largest absolute Gasteiger partial charge is 0.481 e. The number of halogens is 1. The third-order valence-corrected chi connectivity index (χ3v) is 4.22. The number of benzene rings is 1. The van der Waals surface area contributed by atoms with Gasteiger partial charge in [-0.2, -0.15) is 0 Å². The van der Waals surface area contributed by atoms with E-state index >= 15 is 0 Å². The molecule has 1 aromatic carbocycles. The van der Waals surface area contributed by atoms with Crippen LogP contribution in [-0.4, -0.2) is 29.2 Å². The first-order valence-electron chi connectivity index (χ1n) is 6.51. The molecule has 20 heavy (non-hydrogen) atoms. The summed E-state index contributed by atoms with van der Waals surface area (Å²) < 4.78 is 5.57. The van der Waals surface area contributed by atoms with Gasteiger partial charge in [-0.1, -0.05) is 11.6 Å². The maximum absolute atomic E-state index is 12.3. The molecule has 2 bridgehead atoms. The van der Waals surface area contributed by atoms with Crippen molar-refractivity contribution in [1.29, 1.82) is 0 Å². The molecule has 0 unspecified atom stereocenters. The number of hydrogen-bond donors (Lipinski definition) is 2. The van der Waals surface area contributed by atoms with Gasteiger partial charge in [-0.3, -0.25) is 9.59 Å². The van der Waals surface area contributed by atoms with Crippen LogP contribution in [0.5, 0.6) is 0 Å². The molecule has 4 atom stereocenters. The maximum atomic E-state index is 12.3. The first-order valence-corrected chi connectivity index (χ1v) is 6.89. The SMILES string of the molecule is O=C(O)[C@H]1[C@H](C(=O)Nc2ccc(Cl)cc2)[C@H]2CC[C@H]1O2. The number of ether oxygens (including phenoxy) is 1. The zero-order chi connectivity index (χ0) is 14.3. The van der Waals surface area contributed by atoms with Crippen LogP contribution >= 0.6 is 11.6 Å². The van der Waals surface area contributed by atoms with Crippen molar-refractivity contribution < 1.29 is 19.4 Å². The van der Waals surface area contributed by atoms with E-state index in [0.29, 0.717) is 17.1 Å². The second-order valence-electron chi connectivity index (χ2n) is 5.18. The molecular weight excluding hydrogens is 282 g/mol. The van der Waals surface area contributed by atoms with E-state index in [0.717, 1.165) is 6.42 Å². The van der Waals surface area contributed by atoms with E-state index in [1.165, 1.54) is 0 Å². The number of carbonyl (C=O) groups is 2. The summed E-state index contributed by atoms with van der Waals surface area (Å²) in [5.41, 5.74) is 0.603. The lowest BCUT2D eigenvalue weighted by Crippen LogP contribution is -2.40. The summed E-state index contributed by atoms with van der Waals surface area (Å²) in [5.74, 6) is -2.64. The van der Waals surface area contributed by atoms with Crippen molar-refractivity contribution in [3.8, 4) is 0 Å². The molecule has 2 saturated heterocycles. The number of carboxylic acids is 1. The van der Waals surface area contributed by atoms with Gasteiger partial charge in [0.05, 0.1) is 24.0 Å². The molecule has 2 N–H and O–H groups in total. The highest BCUT2D eigenvalue weighted by molar-refractivity contribution is 6.30. The van der Waals surface area contributed by atoms with E-state index in [2.05, 4.69) is 5.32 Å². The molecule has 2 aliphatic rings. The lowest BCUT2D eigenvalue weighted by molar-refractivity contribution is -0.147. The fourth-order valence-electron chi connectivity index (χ4n) is 3.08. The molecule has 0 aromatic heterocycles. The first-order chi connectivity index (χ1) is 9.56. The van der Waals surface area contributed by atoms with Gasteiger partial charge in [0.25, 0.3) is 0 Å². The molecule has 1 amide bonds. The van der Waals surface area contributed by atoms with Crippen LogP contribution in [0.1, 0.15) is 12.8 Å². The van der Waals surface area contributed by atoms with Crippen LogP contribution in [-0.2, 0) is 14.3 Å². The smallest absolute Gasteiger partial charge is 0.310 e. The van der Waals surface area contributed by atoms with Gasteiger partial charge < -0.3 is 15.2 Å². The molecule has 6 heteroatoms. The van der Waals surface area contributed by atoms with E-state index in [9.17, 15) is 14.7 Å². The van der Waals surface area contributed by atoms with Crippen LogP contribution in [0.4, 0.5) is 5.69 Å². The average molecular weight is 296 g/mol. The third kappa shape index (κ3) is 2.27. The number of amides is 1. The summed E-state index contributed by atoms with van der Waals surface area (Å²) >= 11 is 5.78. The number of anilines is 1. The Hall–Kier alpha value is -1.59. The van der Waals surface area contributed by atoms with Crippen molar-refractivity contribution in [2.24, 2.45) is 11.8 Å². The van der Waals surface area contributed by atoms with Crippen LogP contribution in [0, 0.1) is 11.8 Å². The quantitative estimate of drug-likeness (QED) is 0.896. The van der Waals surface area contributed by atoms with Crippen LogP contribution in [0.3, 0.4) is 0 Å². The highest BCUT2D eigenvalue weighted by atomic mass is 35.5. The molecule has 0 aliphatic carbocycles. The van der Waals surface area contributed by atoms with E-state index < -0.39 is 17.8 Å². The molecular formula is C14H14ClNO4. The number of fused-ring (bicyclic) bond motifs is 2. The van der Waals surface area contributed by atoms with E-state index in [1.807, 2.05) is 0 Å². The van der Waals surface area contributed by atoms with Gasteiger partial charge in [0, 0.05) is 10.7 Å². The summed E-state index contributed by atoms with van der Waals surface area (Å²) in [7, 11) is 0. The second-order valence-corrected chi connectivity index (χ2v) is 5.61. The Kier molecular flexibility index (Phi) is 3.40. The number of carboxylic acid groups (broad SMARTS) is 1. The number of rotatable bonds is 3. The topological polar surface area (TPSA) is 75.6 Å². The van der Waals surface area contributed by atoms with Gasteiger partial charge in [-0.15, -0.1) is 0 Å². The fourth-order valence-corrected chi connectivity index (χ4v) is 3.21. The van der Waals surface area contributed by atoms with Crippen molar-refractivity contribution in [1.82, 2.24) is 0 Å². The monoisotopic (exact) mass is 295 g/mol. The Labute approximate surface area is 120 Å². The van der Waals surface area contributed by atoms with E-state index in [4.69, 9.17) is 16.3 Å². The maximum Gasteiger partial charge on any atom is 0.310 e. The zero-order valence-corrected chi connectivity index (χ0v) is 11.3. The van der Waals surface area contributed by atoms with Crippen LogP contribution in [0.15, 0.2) is 24.3 Å². The van der Waals surface area contributed by atoms with Gasteiger partial charge in [0.2, 0.25) is 5.91 Å². The Bertz CT molecular complexity index is 545. The minimum atomic E-state index is -0.964. The van der Waals surface area contributed by atoms with Crippen molar-refractivity contribution >= 4 is 29.2 Å². The van der Waals surface area contributed by atoms with Crippen LogP contribution in [0.25, 0.3) is 0 Å². The highest BCUT2D eigenvalue weighted by Gasteiger charge is 2.55. The molecule has 0 saturated carbocycles. The average Bonchev–Trinajstić information content (AvgIpc) is 3.01. The fraction of sp³-hybridized carbons (Fsp3) is 0.429. The van der Waals surface area contributed by atoms with Crippen molar-refractivity contribution in [3.05, 3.63) is 29.3 Å². The van der Waals surface area contributed by atoms with E-state index in [1.54, 1.807) is 24.3 Å². The Balaban J connectivity index is 1.76. The lowest BCUT2D eigenvalue weighted by Gasteiger charge is -2.23. The summed E-state index contributed by atoms with van der Waals surface area (Å²) in [5, 5.41) is 12.6. The van der Waals surface area contributed by atoms with Crippen molar-refractivity contribution in [2.45, 2.75) is 25.0 Å². The Morgan fingerprint density at radius 2 is 1.75 bits per heavy atom. The Morgan fingerprint density at radius 3 is 2.35 bits per heavy atom. The standard InChI is InChI=1S/C14H14ClNO4/c15-7-1-3-8(4-2-7)16-13(17)11-9-5-6-10(20-9)12(11)14(18)19/h1-4,9-12H,5-6H2,(H,16,17)(H,18,19)/t9-,10-,11-,12-/m1/s1. The highest BCUT2D eigenvalue weighted by Crippen LogP contribution is 2.44. The number of carbonyl (C=O) groups excluding carboxylic acids is 1. The second kappa shape index (κ2) is 5.07. The molecule has 0 radical (unpaired) electrons. The van der Waals surface area contributed by atoms with Gasteiger partial charge in [-0.25, -0.2) is 0 Å². The van der Waals surface area contributed by atoms with Gasteiger partial charge in [-0.05, 0) is 37.1 Å². The molecule has 3 rings (SSSR count). The van der Waals surface area contributed by atoms with Crippen molar-refractivity contribution in [3.63, 3.8) is 0 Å². The van der Waals surface area contributed by atoms with Gasteiger partial charge in [0.1, 0.15) is 0 Å². The molecule has 1 aromatic rings. The molecule has 106 valence electrons. The normalized spacial score (nSPS) is 31.2. The molecule has 5 nitrogen and oxygen atoms in total. The summed E-state index contributed by atoms with van der Waals surface area (Å²) in [6, 6.07) is 6.71. The number of nitrogens with one attached hydrogen (secondary N) is 1. The van der Waals surface area contributed by atoms with Crippen molar-refractivity contribution in [2.75, 3.05) is 5.32 Å². The predicted molar refractivity (Wildman–Crippen MR) is 72.6 cm³/mol. The summed E-state index contributed by atoms with van der Waals surface area (Å²) in [6.45, 7) is 0. The van der Waals surface area contributed by atoms with Gasteiger partial charge >= 0.3 is 5.97 Å². The molecule has 2 fully saturated rings. The number of aliphatic carboxylic acids is 1. The first kappa shape index (κ1) is 13.4. The number of hydrogen-bond acceptors (Lipinski definition) is 3. The summed E-state index contributed by atoms with van der Waals surface area (Å²) in [4.78, 5) is 23.6. The molecule has 2 aliphatic heterocycles. The zero-order valence-electron chi connectivity index (χ0n) is 10.6. The molecule has 2 heterocycles. The molecule has 0 spiro atoms. The van der Waals surface area contributed by atoms with Crippen LogP contribution < -0.4 is 5.32 Å². The van der Waals surface area contributed by atoms with E-state index in [-0.39, 0.29) is 18.1 Å². The minimum absolute atomic E-state index is 0.284. The van der Waals surface area contributed by atoms with Crippen LogP contribution in [0.2, 0.25) is 5.02 Å². The lowest BCUT2D eigenvalue weighted by atomic mass is 9.78. The van der Waals surface area contributed by atoms with Gasteiger partial charge in [0.15, 0.2) is 0 Å². The predicted octanol–water partition coefficient (Wildman–Crippen LogP) is 2.16. The Morgan fingerprint density at radius 1 is 1.15 bits per heavy atom. The third-order valence-electron chi connectivity index (χ3n) is 3.97.